The Morgan fingerprint density at radius 1 is 1.15 bits per heavy atom. The van der Waals surface area contributed by atoms with Crippen LogP contribution in [0.3, 0.4) is 0 Å². The molecule has 2 heteroatoms. The third kappa shape index (κ3) is 4.50. The smallest absolute Gasteiger partial charge is 0.0246 e. The maximum absolute atomic E-state index is 3.38. The van der Waals surface area contributed by atoms with Gasteiger partial charge in [0.25, 0.3) is 0 Å². The Balaban J connectivity index is 2.52. The molecule has 0 aliphatic heterocycles. The fraction of sp³-hybridized carbons (Fsp3) is 0.273. The molecule has 0 spiro atoms. The summed E-state index contributed by atoms with van der Waals surface area (Å²) >= 11 is 6.76. The van der Waals surface area contributed by atoms with Crippen molar-refractivity contribution in [3.63, 3.8) is 0 Å². The molecule has 0 radical (unpaired) electrons. The Hall–Kier alpha value is -0.260. The number of rotatable bonds is 2. The average molecular weight is 302 g/mol. The summed E-state index contributed by atoms with van der Waals surface area (Å²) in [6, 6.07) is 8.05. The van der Waals surface area contributed by atoms with E-state index in [9.17, 15) is 0 Å². The SMILES string of the molecule is BrCCCC#Cc1ccc(Br)cc1. The molecule has 0 saturated heterocycles. The van der Waals surface area contributed by atoms with Crippen molar-refractivity contribution in [2.45, 2.75) is 12.8 Å². The molecule has 0 fully saturated rings. The third-order valence-corrected chi connectivity index (χ3v) is 2.60. The summed E-state index contributed by atoms with van der Waals surface area (Å²) in [5.74, 6) is 6.24. The lowest BCUT2D eigenvalue weighted by Gasteiger charge is -1.90. The molecular formula is C11H10Br2. The van der Waals surface area contributed by atoms with Crippen LogP contribution in [0.2, 0.25) is 0 Å². The van der Waals surface area contributed by atoms with Gasteiger partial charge in [-0.1, -0.05) is 43.7 Å². The molecule has 1 aromatic rings. The average Bonchev–Trinajstić information content (AvgIpc) is 2.15. The van der Waals surface area contributed by atoms with Crippen molar-refractivity contribution in [3.05, 3.63) is 34.3 Å². The molecular weight excluding hydrogens is 292 g/mol. The highest BCUT2D eigenvalue weighted by atomic mass is 79.9. The molecule has 0 N–H and O–H groups in total. The van der Waals surface area contributed by atoms with Crippen molar-refractivity contribution in [1.82, 2.24) is 0 Å². The minimum absolute atomic E-state index is 0.960. The lowest BCUT2D eigenvalue weighted by atomic mass is 10.2. The van der Waals surface area contributed by atoms with Crippen LogP contribution in [0.15, 0.2) is 28.7 Å². The van der Waals surface area contributed by atoms with E-state index in [2.05, 4.69) is 43.7 Å². The molecule has 13 heavy (non-hydrogen) atoms. The topological polar surface area (TPSA) is 0 Å². The van der Waals surface area contributed by atoms with Gasteiger partial charge in [-0.25, -0.2) is 0 Å². The van der Waals surface area contributed by atoms with Gasteiger partial charge in [0.2, 0.25) is 0 Å². The fourth-order valence-corrected chi connectivity index (χ4v) is 1.40. The molecule has 1 aromatic carbocycles. The Morgan fingerprint density at radius 3 is 2.46 bits per heavy atom. The van der Waals surface area contributed by atoms with Crippen molar-refractivity contribution < 1.29 is 0 Å². The van der Waals surface area contributed by atoms with Crippen molar-refractivity contribution in [1.29, 1.82) is 0 Å². The first-order valence-corrected chi connectivity index (χ1v) is 6.05. The summed E-state index contributed by atoms with van der Waals surface area (Å²) in [7, 11) is 0. The first kappa shape index (κ1) is 10.8. The van der Waals surface area contributed by atoms with Crippen LogP contribution in [0.5, 0.6) is 0 Å². The van der Waals surface area contributed by atoms with Gasteiger partial charge in [0.1, 0.15) is 0 Å². The lowest BCUT2D eigenvalue weighted by molar-refractivity contribution is 1.01. The first-order valence-electron chi connectivity index (χ1n) is 4.13. The van der Waals surface area contributed by atoms with E-state index in [1.165, 1.54) is 0 Å². The molecule has 1 rings (SSSR count). The number of halogens is 2. The monoisotopic (exact) mass is 300 g/mol. The third-order valence-electron chi connectivity index (χ3n) is 1.51. The van der Waals surface area contributed by atoms with Gasteiger partial charge in [-0.15, -0.1) is 0 Å². The van der Waals surface area contributed by atoms with Crippen LogP contribution in [0.25, 0.3) is 0 Å². The van der Waals surface area contributed by atoms with E-state index in [0.717, 1.165) is 28.2 Å². The Kier molecular flexibility index (Phi) is 5.19. The minimum Gasteiger partial charge on any atom is -0.0979 e. The largest absolute Gasteiger partial charge is 0.0979 e. The van der Waals surface area contributed by atoms with Crippen LogP contribution < -0.4 is 0 Å². The zero-order chi connectivity index (χ0) is 9.52. The molecule has 0 atom stereocenters. The molecule has 0 unspecified atom stereocenters. The maximum atomic E-state index is 3.38. The predicted octanol–water partition coefficient (Wildman–Crippen LogP) is 3.98. The minimum atomic E-state index is 0.960. The van der Waals surface area contributed by atoms with Crippen LogP contribution in [0.4, 0.5) is 0 Å². The fourth-order valence-electron chi connectivity index (χ4n) is 0.853. The number of hydrogen-bond acceptors (Lipinski definition) is 0. The van der Waals surface area contributed by atoms with E-state index in [1.807, 2.05) is 24.3 Å². The molecule has 0 aliphatic carbocycles. The van der Waals surface area contributed by atoms with E-state index in [4.69, 9.17) is 0 Å². The summed E-state index contributed by atoms with van der Waals surface area (Å²) in [4.78, 5) is 0. The van der Waals surface area contributed by atoms with Gasteiger partial charge in [-0.2, -0.15) is 0 Å². The Bertz CT molecular complexity index is 303. The maximum Gasteiger partial charge on any atom is 0.0246 e. The second-order valence-electron chi connectivity index (χ2n) is 2.60. The van der Waals surface area contributed by atoms with Crippen LogP contribution in [0.1, 0.15) is 18.4 Å². The van der Waals surface area contributed by atoms with E-state index in [0.29, 0.717) is 0 Å². The normalized spacial score (nSPS) is 9.08. The number of hydrogen-bond donors (Lipinski definition) is 0. The quantitative estimate of drug-likeness (QED) is 0.440. The van der Waals surface area contributed by atoms with Gasteiger partial charge < -0.3 is 0 Å². The molecule has 0 amide bonds. The van der Waals surface area contributed by atoms with Gasteiger partial charge in [0.05, 0.1) is 0 Å². The van der Waals surface area contributed by atoms with Crippen LogP contribution in [-0.4, -0.2) is 5.33 Å². The van der Waals surface area contributed by atoms with Crippen molar-refractivity contribution in [3.8, 4) is 11.8 Å². The van der Waals surface area contributed by atoms with Gasteiger partial charge in [-0.05, 0) is 30.7 Å². The molecule has 0 bridgehead atoms. The van der Waals surface area contributed by atoms with Gasteiger partial charge in [0, 0.05) is 21.8 Å². The Labute approximate surface area is 96.0 Å². The highest BCUT2D eigenvalue weighted by Crippen LogP contribution is 2.09. The highest BCUT2D eigenvalue weighted by Gasteiger charge is 1.86. The van der Waals surface area contributed by atoms with Gasteiger partial charge >= 0.3 is 0 Å². The second kappa shape index (κ2) is 6.23. The molecule has 68 valence electrons. The highest BCUT2D eigenvalue weighted by molar-refractivity contribution is 9.10. The zero-order valence-corrected chi connectivity index (χ0v) is 10.4. The number of benzene rings is 1. The molecule has 0 saturated carbocycles. The van der Waals surface area contributed by atoms with E-state index in [-0.39, 0.29) is 0 Å². The summed E-state index contributed by atoms with van der Waals surface area (Å²) in [5.41, 5.74) is 1.08. The summed E-state index contributed by atoms with van der Waals surface area (Å²) in [6.45, 7) is 0. The van der Waals surface area contributed by atoms with Crippen LogP contribution in [0, 0.1) is 11.8 Å². The van der Waals surface area contributed by atoms with Crippen LogP contribution in [-0.2, 0) is 0 Å². The molecule has 0 aromatic heterocycles. The van der Waals surface area contributed by atoms with Gasteiger partial charge in [0.15, 0.2) is 0 Å². The number of alkyl halides is 1. The van der Waals surface area contributed by atoms with E-state index in [1.54, 1.807) is 0 Å². The predicted molar refractivity (Wildman–Crippen MR) is 64.0 cm³/mol. The second-order valence-corrected chi connectivity index (χ2v) is 4.31. The van der Waals surface area contributed by atoms with Crippen molar-refractivity contribution >= 4 is 31.9 Å². The summed E-state index contributed by atoms with van der Waals surface area (Å²) in [6.07, 6.45) is 2.07. The molecule has 0 nitrogen and oxygen atoms in total. The standard InChI is InChI=1S/C11H10Br2/c12-9-3-1-2-4-10-5-7-11(13)8-6-10/h5-8H,1,3,9H2. The zero-order valence-electron chi connectivity index (χ0n) is 7.19. The van der Waals surface area contributed by atoms with E-state index >= 15 is 0 Å². The number of unbranched alkanes of at least 4 members (excludes halogenated alkanes) is 1. The van der Waals surface area contributed by atoms with Crippen molar-refractivity contribution in [2.75, 3.05) is 5.33 Å². The molecule has 0 heterocycles. The lowest BCUT2D eigenvalue weighted by Crippen LogP contribution is -1.74. The molecule has 0 aliphatic rings. The van der Waals surface area contributed by atoms with Gasteiger partial charge in [-0.3, -0.25) is 0 Å². The Morgan fingerprint density at radius 2 is 1.85 bits per heavy atom. The van der Waals surface area contributed by atoms with Crippen LogP contribution >= 0.6 is 31.9 Å². The van der Waals surface area contributed by atoms with Crippen molar-refractivity contribution in [2.24, 2.45) is 0 Å². The summed E-state index contributed by atoms with van der Waals surface area (Å²) < 4.78 is 1.10. The first-order chi connectivity index (χ1) is 6.33. The van der Waals surface area contributed by atoms with E-state index < -0.39 is 0 Å². The summed E-state index contributed by atoms with van der Waals surface area (Å²) in [5, 5.41) is 1.03.